The van der Waals surface area contributed by atoms with Gasteiger partial charge in [0.2, 0.25) is 0 Å². The van der Waals surface area contributed by atoms with Gasteiger partial charge in [0.05, 0.1) is 0 Å². The molecule has 0 spiro atoms. The van der Waals surface area contributed by atoms with Gasteiger partial charge in [-0.1, -0.05) is 44.5 Å². The van der Waals surface area contributed by atoms with E-state index in [1.807, 2.05) is 24.4 Å². The minimum atomic E-state index is 0.507. The number of phenolic OH excluding ortho intramolecular Hbond substituents is 1. The van der Waals surface area contributed by atoms with Gasteiger partial charge in [-0.05, 0) is 61.1 Å². The molecule has 0 atom stereocenters. The smallest absolute Gasteiger partial charge is 0.122 e. The lowest BCUT2D eigenvalue weighted by Crippen LogP contribution is -1.94. The zero-order valence-corrected chi connectivity index (χ0v) is 14.3. The van der Waals surface area contributed by atoms with Gasteiger partial charge in [-0.3, -0.25) is 0 Å². The molecular formula is C19H25NOS. The maximum Gasteiger partial charge on any atom is 0.122 e. The summed E-state index contributed by atoms with van der Waals surface area (Å²) in [6.07, 6.45) is 8.20. The monoisotopic (exact) mass is 315 g/mol. The number of rotatable bonds is 8. The second-order valence-electron chi connectivity index (χ2n) is 5.57. The number of hydrogen-bond acceptors (Lipinski definition) is 3. The van der Waals surface area contributed by atoms with Crippen LogP contribution in [0.3, 0.4) is 0 Å². The Balaban J connectivity index is 2.27. The van der Waals surface area contributed by atoms with Crippen LogP contribution in [0.4, 0.5) is 0 Å². The Morgan fingerprint density at radius 3 is 2.14 bits per heavy atom. The van der Waals surface area contributed by atoms with E-state index in [1.165, 1.54) is 4.90 Å². The zero-order chi connectivity index (χ0) is 15.8. The van der Waals surface area contributed by atoms with Crippen LogP contribution in [0.15, 0.2) is 46.5 Å². The Bertz CT molecular complexity index is 554. The zero-order valence-electron chi connectivity index (χ0n) is 13.5. The molecule has 0 radical (unpaired) electrons. The first-order chi connectivity index (χ1) is 10.7. The van der Waals surface area contributed by atoms with E-state index in [-0.39, 0.29) is 0 Å². The van der Waals surface area contributed by atoms with Crippen LogP contribution in [-0.4, -0.2) is 10.1 Å². The average Bonchev–Trinajstić information content (AvgIpc) is 2.54. The highest BCUT2D eigenvalue weighted by atomic mass is 32.2. The molecule has 2 rings (SSSR count). The highest BCUT2D eigenvalue weighted by Gasteiger charge is 2.11. The fourth-order valence-corrected chi connectivity index (χ4v) is 3.33. The Morgan fingerprint density at radius 1 is 1.00 bits per heavy atom. The van der Waals surface area contributed by atoms with E-state index in [1.54, 1.807) is 11.8 Å². The first kappa shape index (κ1) is 16.9. The van der Waals surface area contributed by atoms with E-state index in [9.17, 15) is 5.11 Å². The summed E-state index contributed by atoms with van der Waals surface area (Å²) in [7, 11) is 0. The predicted molar refractivity (Wildman–Crippen MR) is 93.7 cm³/mol. The Kier molecular flexibility index (Phi) is 6.78. The second kappa shape index (κ2) is 8.84. The van der Waals surface area contributed by atoms with Crippen molar-refractivity contribution in [3.63, 3.8) is 0 Å². The van der Waals surface area contributed by atoms with E-state index < -0.39 is 0 Å². The fourth-order valence-electron chi connectivity index (χ4n) is 2.43. The molecule has 3 heteroatoms. The summed E-state index contributed by atoms with van der Waals surface area (Å²) in [6, 6.07) is 10.2. The first-order valence-electron chi connectivity index (χ1n) is 8.18. The topological polar surface area (TPSA) is 33.1 Å². The van der Waals surface area contributed by atoms with Gasteiger partial charge in [0.25, 0.3) is 0 Å². The van der Waals surface area contributed by atoms with Crippen LogP contribution in [0.25, 0.3) is 0 Å². The third kappa shape index (κ3) is 4.77. The maximum atomic E-state index is 10.5. The highest BCUT2D eigenvalue weighted by molar-refractivity contribution is 7.99. The molecule has 0 aliphatic rings. The lowest BCUT2D eigenvalue weighted by Gasteiger charge is -2.13. The van der Waals surface area contributed by atoms with Crippen LogP contribution in [-0.2, 0) is 12.8 Å². The summed E-state index contributed by atoms with van der Waals surface area (Å²) >= 11 is 1.67. The number of aromatic nitrogens is 1. The Morgan fingerprint density at radius 2 is 1.64 bits per heavy atom. The molecule has 0 aliphatic heterocycles. The fraction of sp³-hybridized carbons (Fsp3) is 0.421. The van der Waals surface area contributed by atoms with E-state index in [2.05, 4.69) is 31.0 Å². The number of benzene rings is 1. The Labute approximate surface area is 138 Å². The maximum absolute atomic E-state index is 10.5. The molecule has 1 heterocycles. The van der Waals surface area contributed by atoms with E-state index in [0.29, 0.717) is 5.75 Å². The van der Waals surface area contributed by atoms with Crippen molar-refractivity contribution in [1.29, 1.82) is 0 Å². The van der Waals surface area contributed by atoms with Gasteiger partial charge in [0.1, 0.15) is 10.8 Å². The summed E-state index contributed by atoms with van der Waals surface area (Å²) in [5.74, 6) is 0.507. The number of nitrogens with zero attached hydrogens (tertiary/aromatic N) is 1. The number of aromatic hydroxyl groups is 1. The third-order valence-corrected chi connectivity index (χ3v) is 4.62. The predicted octanol–water partition coefficient (Wildman–Crippen LogP) is 5.62. The minimum Gasteiger partial charge on any atom is -0.507 e. The van der Waals surface area contributed by atoms with Crippen LogP contribution in [0.5, 0.6) is 5.75 Å². The van der Waals surface area contributed by atoms with Gasteiger partial charge in [-0.25, -0.2) is 4.98 Å². The van der Waals surface area contributed by atoms with Crippen molar-refractivity contribution in [2.75, 3.05) is 0 Å². The molecule has 2 aromatic rings. The van der Waals surface area contributed by atoms with Crippen molar-refractivity contribution in [3.05, 3.63) is 47.7 Å². The summed E-state index contributed by atoms with van der Waals surface area (Å²) in [5.41, 5.74) is 2.16. The molecule has 0 unspecified atom stereocenters. The van der Waals surface area contributed by atoms with Crippen LogP contribution in [0.2, 0.25) is 0 Å². The molecule has 22 heavy (non-hydrogen) atoms. The number of pyridine rings is 1. The molecule has 1 N–H and O–H groups in total. The van der Waals surface area contributed by atoms with Crippen LogP contribution < -0.4 is 0 Å². The third-order valence-electron chi connectivity index (χ3n) is 3.70. The molecule has 0 saturated heterocycles. The standard InChI is InChI=1S/C19H25NOS/c1-3-5-9-15-13-17(22-18-11-7-8-12-20-18)14-16(19(15)21)10-6-4-2/h7-8,11-14,21H,3-6,9-10H2,1-2H3. The van der Waals surface area contributed by atoms with Gasteiger partial charge in [-0.2, -0.15) is 0 Å². The lowest BCUT2D eigenvalue weighted by molar-refractivity contribution is 0.458. The molecule has 0 saturated carbocycles. The number of aryl methyl sites for hydroxylation is 2. The van der Waals surface area contributed by atoms with Gasteiger partial charge in [0.15, 0.2) is 0 Å². The summed E-state index contributed by atoms with van der Waals surface area (Å²) in [5, 5.41) is 11.5. The molecule has 1 aromatic carbocycles. The summed E-state index contributed by atoms with van der Waals surface area (Å²) < 4.78 is 0. The molecule has 0 aliphatic carbocycles. The average molecular weight is 315 g/mol. The lowest BCUT2D eigenvalue weighted by atomic mass is 10.0. The van der Waals surface area contributed by atoms with Crippen molar-refractivity contribution >= 4 is 11.8 Å². The molecule has 0 bridgehead atoms. The van der Waals surface area contributed by atoms with Crippen molar-refractivity contribution in [3.8, 4) is 5.75 Å². The van der Waals surface area contributed by atoms with Crippen molar-refractivity contribution in [2.45, 2.75) is 62.3 Å². The van der Waals surface area contributed by atoms with Crippen LogP contribution in [0.1, 0.15) is 50.7 Å². The quantitative estimate of drug-likeness (QED) is 0.686. The minimum absolute atomic E-state index is 0.507. The summed E-state index contributed by atoms with van der Waals surface area (Å²) in [4.78, 5) is 5.56. The van der Waals surface area contributed by atoms with Crippen LogP contribution >= 0.6 is 11.8 Å². The largest absolute Gasteiger partial charge is 0.507 e. The summed E-state index contributed by atoms with van der Waals surface area (Å²) in [6.45, 7) is 4.36. The Hall–Kier alpha value is -1.48. The van der Waals surface area contributed by atoms with E-state index >= 15 is 0 Å². The molecule has 0 fully saturated rings. The van der Waals surface area contributed by atoms with E-state index in [0.717, 1.165) is 54.7 Å². The number of phenols is 1. The number of hydrogen-bond donors (Lipinski definition) is 1. The molecule has 118 valence electrons. The van der Waals surface area contributed by atoms with Crippen LogP contribution in [0, 0.1) is 0 Å². The molecule has 0 amide bonds. The van der Waals surface area contributed by atoms with Gasteiger partial charge >= 0.3 is 0 Å². The first-order valence-corrected chi connectivity index (χ1v) is 8.99. The van der Waals surface area contributed by atoms with Gasteiger partial charge < -0.3 is 5.11 Å². The second-order valence-corrected chi connectivity index (χ2v) is 6.66. The molecule has 2 nitrogen and oxygen atoms in total. The highest BCUT2D eigenvalue weighted by Crippen LogP contribution is 2.34. The molecular weight excluding hydrogens is 290 g/mol. The van der Waals surface area contributed by atoms with Crippen molar-refractivity contribution in [1.82, 2.24) is 4.98 Å². The van der Waals surface area contributed by atoms with Crippen molar-refractivity contribution < 1.29 is 5.11 Å². The van der Waals surface area contributed by atoms with Gasteiger partial charge in [0, 0.05) is 11.1 Å². The normalized spacial score (nSPS) is 10.8. The SMILES string of the molecule is CCCCc1cc(Sc2ccccn2)cc(CCCC)c1O. The number of unbranched alkanes of at least 4 members (excludes halogenated alkanes) is 2. The van der Waals surface area contributed by atoms with E-state index in [4.69, 9.17) is 0 Å². The van der Waals surface area contributed by atoms with Gasteiger partial charge in [-0.15, -0.1) is 0 Å². The van der Waals surface area contributed by atoms with Crippen molar-refractivity contribution in [2.24, 2.45) is 0 Å². The molecule has 1 aromatic heterocycles.